The van der Waals surface area contributed by atoms with Crippen LogP contribution in [0.15, 0.2) is 48.7 Å². The van der Waals surface area contributed by atoms with Crippen molar-refractivity contribution < 1.29 is 13.2 Å². The summed E-state index contributed by atoms with van der Waals surface area (Å²) in [6, 6.07) is 8.13. The molecule has 2 aromatic carbocycles. The van der Waals surface area contributed by atoms with Gasteiger partial charge in [0.1, 0.15) is 11.6 Å². The Kier molecular flexibility index (Phi) is 4.14. The van der Waals surface area contributed by atoms with Crippen LogP contribution in [0, 0.1) is 17.5 Å². The molecule has 0 radical (unpaired) electrons. The van der Waals surface area contributed by atoms with Gasteiger partial charge in [-0.15, -0.1) is 0 Å². The predicted octanol–water partition coefficient (Wildman–Crippen LogP) is 4.09. The van der Waals surface area contributed by atoms with Crippen LogP contribution in [-0.4, -0.2) is 9.55 Å². The van der Waals surface area contributed by atoms with Crippen molar-refractivity contribution >= 4 is 22.3 Å². The molecule has 0 atom stereocenters. The number of halogens is 3. The molecular weight excluding hydrogens is 353 g/mol. The Balaban J connectivity index is 1.83. The molecule has 0 saturated heterocycles. The molecule has 27 heavy (non-hydrogen) atoms. The van der Waals surface area contributed by atoms with Crippen molar-refractivity contribution in [2.75, 3.05) is 0 Å². The Morgan fingerprint density at radius 3 is 2.37 bits per heavy atom. The predicted molar refractivity (Wildman–Crippen MR) is 98.6 cm³/mol. The van der Waals surface area contributed by atoms with Crippen molar-refractivity contribution in [2.24, 2.45) is 11.5 Å². The van der Waals surface area contributed by atoms with Gasteiger partial charge in [-0.2, -0.15) is 0 Å². The first-order valence-electron chi connectivity index (χ1n) is 8.50. The molecular formula is C20H17F3N4. The second kappa shape index (κ2) is 6.50. The number of rotatable bonds is 4. The van der Waals surface area contributed by atoms with E-state index in [9.17, 15) is 13.2 Å². The van der Waals surface area contributed by atoms with Gasteiger partial charge in [-0.05, 0) is 36.6 Å². The Labute approximate surface area is 153 Å². The molecule has 138 valence electrons. The molecule has 0 amide bonds. The summed E-state index contributed by atoms with van der Waals surface area (Å²) in [5.41, 5.74) is 14.3. The zero-order chi connectivity index (χ0) is 19.1. The highest BCUT2D eigenvalue weighted by atomic mass is 19.2. The van der Waals surface area contributed by atoms with Gasteiger partial charge < -0.3 is 16.0 Å². The zero-order valence-corrected chi connectivity index (χ0v) is 14.3. The maximum Gasteiger partial charge on any atom is 0.161 e. The third-order valence-corrected chi connectivity index (χ3v) is 4.57. The van der Waals surface area contributed by atoms with E-state index in [1.807, 2.05) is 4.57 Å². The van der Waals surface area contributed by atoms with Gasteiger partial charge >= 0.3 is 0 Å². The van der Waals surface area contributed by atoms with Crippen molar-refractivity contribution in [1.82, 2.24) is 9.55 Å². The molecule has 1 heterocycles. The van der Waals surface area contributed by atoms with E-state index in [0.717, 1.165) is 25.0 Å². The number of hydrogen-bond acceptors (Lipinski definition) is 3. The number of aromatic nitrogens is 2. The van der Waals surface area contributed by atoms with Gasteiger partial charge in [0.05, 0.1) is 11.0 Å². The molecule has 1 aromatic heterocycles. The fraction of sp³-hybridized carbons (Fsp3) is 0.150. The molecule has 1 fully saturated rings. The molecule has 0 unspecified atom stereocenters. The lowest BCUT2D eigenvalue weighted by atomic mass is 10.1. The van der Waals surface area contributed by atoms with E-state index in [1.54, 1.807) is 18.2 Å². The Morgan fingerprint density at radius 1 is 1.07 bits per heavy atom. The monoisotopic (exact) mass is 370 g/mol. The molecule has 4 N–H and O–H groups in total. The topological polar surface area (TPSA) is 69.9 Å². The smallest absolute Gasteiger partial charge is 0.161 e. The van der Waals surface area contributed by atoms with E-state index >= 15 is 0 Å². The molecule has 0 aliphatic heterocycles. The summed E-state index contributed by atoms with van der Waals surface area (Å²) in [7, 11) is 0. The first kappa shape index (κ1) is 17.2. The van der Waals surface area contributed by atoms with E-state index in [-0.39, 0.29) is 11.9 Å². The van der Waals surface area contributed by atoms with Crippen LogP contribution in [0.5, 0.6) is 0 Å². The third kappa shape index (κ3) is 3.16. The number of nitrogens with zero attached hydrogens (tertiary/aromatic N) is 2. The molecule has 3 aromatic rings. The summed E-state index contributed by atoms with van der Waals surface area (Å²) in [4.78, 5) is 4.46. The normalized spacial score (nSPS) is 15.5. The second-order valence-electron chi connectivity index (χ2n) is 6.52. The van der Waals surface area contributed by atoms with Gasteiger partial charge in [-0.1, -0.05) is 12.1 Å². The van der Waals surface area contributed by atoms with Gasteiger partial charge in [0, 0.05) is 35.6 Å². The van der Waals surface area contributed by atoms with Crippen LogP contribution >= 0.6 is 0 Å². The Hall–Kier alpha value is -3.22. The van der Waals surface area contributed by atoms with E-state index in [1.165, 1.54) is 18.3 Å². The fourth-order valence-corrected chi connectivity index (χ4v) is 3.08. The van der Waals surface area contributed by atoms with Gasteiger partial charge in [0.15, 0.2) is 11.6 Å². The van der Waals surface area contributed by atoms with Crippen LogP contribution in [0.25, 0.3) is 22.3 Å². The quantitative estimate of drug-likeness (QED) is 0.680. The van der Waals surface area contributed by atoms with Crippen molar-refractivity contribution in [3.8, 4) is 0 Å². The van der Waals surface area contributed by atoms with Gasteiger partial charge in [0.2, 0.25) is 0 Å². The van der Waals surface area contributed by atoms with E-state index < -0.39 is 11.6 Å². The van der Waals surface area contributed by atoms with Crippen molar-refractivity contribution in [1.29, 1.82) is 0 Å². The molecule has 1 saturated carbocycles. The standard InChI is InChI=1S/C20H17F3N4/c21-13-3-1-11(2-4-13)17(25)7-12(10-24)20-26-18-8-15(22)16(23)9-19(18)27(20)14-5-6-14/h1-4,7-10,14H,5-6,24-25H2/b12-10+,17-7-. The number of hydrogen-bond donors (Lipinski definition) is 2. The maximum absolute atomic E-state index is 13.8. The van der Waals surface area contributed by atoms with Gasteiger partial charge in [-0.3, -0.25) is 0 Å². The highest BCUT2D eigenvalue weighted by Gasteiger charge is 2.29. The second-order valence-corrected chi connectivity index (χ2v) is 6.52. The largest absolute Gasteiger partial charge is 0.404 e. The first-order chi connectivity index (χ1) is 13.0. The molecule has 4 nitrogen and oxygen atoms in total. The molecule has 1 aliphatic carbocycles. The summed E-state index contributed by atoms with van der Waals surface area (Å²) in [6.45, 7) is 0. The third-order valence-electron chi connectivity index (χ3n) is 4.57. The lowest BCUT2D eigenvalue weighted by molar-refractivity contribution is 0.510. The van der Waals surface area contributed by atoms with Crippen LogP contribution in [0.2, 0.25) is 0 Å². The average Bonchev–Trinajstić information content (AvgIpc) is 3.42. The number of benzene rings is 2. The lowest BCUT2D eigenvalue weighted by Crippen LogP contribution is -2.04. The molecule has 7 heteroatoms. The lowest BCUT2D eigenvalue weighted by Gasteiger charge is -2.09. The Bertz CT molecular complexity index is 1080. The highest BCUT2D eigenvalue weighted by Crippen LogP contribution is 2.40. The fourth-order valence-electron chi connectivity index (χ4n) is 3.08. The van der Waals surface area contributed by atoms with Crippen molar-refractivity contribution in [3.63, 3.8) is 0 Å². The van der Waals surface area contributed by atoms with Crippen LogP contribution < -0.4 is 11.5 Å². The van der Waals surface area contributed by atoms with Crippen LogP contribution in [0.4, 0.5) is 13.2 Å². The minimum atomic E-state index is -0.950. The molecule has 1 aliphatic rings. The van der Waals surface area contributed by atoms with Crippen LogP contribution in [0.3, 0.4) is 0 Å². The highest BCUT2D eigenvalue weighted by molar-refractivity contribution is 5.86. The summed E-state index contributed by atoms with van der Waals surface area (Å²) in [5, 5.41) is 0. The molecule has 0 bridgehead atoms. The number of imidazole rings is 1. The Morgan fingerprint density at radius 2 is 1.74 bits per heavy atom. The van der Waals surface area contributed by atoms with E-state index in [0.29, 0.717) is 33.7 Å². The van der Waals surface area contributed by atoms with Crippen LogP contribution in [-0.2, 0) is 0 Å². The van der Waals surface area contributed by atoms with Crippen molar-refractivity contribution in [3.05, 3.63) is 77.5 Å². The van der Waals surface area contributed by atoms with Gasteiger partial charge in [-0.25, -0.2) is 18.2 Å². The minimum absolute atomic E-state index is 0.158. The van der Waals surface area contributed by atoms with Crippen LogP contribution in [0.1, 0.15) is 30.3 Å². The minimum Gasteiger partial charge on any atom is -0.404 e. The maximum atomic E-state index is 13.8. The van der Waals surface area contributed by atoms with E-state index in [4.69, 9.17) is 11.5 Å². The average molecular weight is 370 g/mol. The zero-order valence-electron chi connectivity index (χ0n) is 14.3. The molecule has 0 spiro atoms. The van der Waals surface area contributed by atoms with Crippen molar-refractivity contribution in [2.45, 2.75) is 18.9 Å². The SMILES string of the molecule is N/C=C(\C=C(/N)c1ccc(F)cc1)c1nc2cc(F)c(F)cc2n1C1CC1. The number of fused-ring (bicyclic) bond motifs is 1. The summed E-state index contributed by atoms with van der Waals surface area (Å²) >= 11 is 0. The van der Waals surface area contributed by atoms with E-state index in [2.05, 4.69) is 4.98 Å². The number of nitrogens with two attached hydrogens (primary N) is 2. The summed E-state index contributed by atoms with van der Waals surface area (Å²) < 4.78 is 42.4. The van der Waals surface area contributed by atoms with Gasteiger partial charge in [0.25, 0.3) is 0 Å². The summed E-state index contributed by atoms with van der Waals surface area (Å²) in [6.07, 6.45) is 4.82. The first-order valence-corrected chi connectivity index (χ1v) is 8.50. The number of allylic oxidation sites excluding steroid dienone is 2. The summed E-state index contributed by atoms with van der Waals surface area (Å²) in [5.74, 6) is -1.74. The molecule has 4 rings (SSSR count).